The van der Waals surface area contributed by atoms with Crippen LogP contribution in [0.2, 0.25) is 0 Å². The van der Waals surface area contributed by atoms with Crippen LogP contribution >= 0.6 is 23.6 Å². The van der Waals surface area contributed by atoms with Gasteiger partial charge in [0.05, 0.1) is 0 Å². The van der Waals surface area contributed by atoms with Gasteiger partial charge in [0.1, 0.15) is 0 Å². The summed E-state index contributed by atoms with van der Waals surface area (Å²) in [5.74, 6) is 0.560. The first-order valence-corrected chi connectivity index (χ1v) is 4.65. The fourth-order valence-corrected chi connectivity index (χ4v) is 1.71. The molecular formula is C7H6N2OS2. The van der Waals surface area contributed by atoms with Gasteiger partial charge in [0.15, 0.2) is 0 Å². The third kappa shape index (κ3) is 1.33. The van der Waals surface area contributed by atoms with E-state index in [9.17, 15) is 0 Å². The van der Waals surface area contributed by atoms with Crippen molar-refractivity contribution in [1.29, 1.82) is 0 Å². The van der Waals surface area contributed by atoms with E-state index in [2.05, 4.69) is 10.2 Å². The zero-order valence-electron chi connectivity index (χ0n) is 6.33. The monoisotopic (exact) mass is 198 g/mol. The van der Waals surface area contributed by atoms with Crippen molar-refractivity contribution in [2.75, 3.05) is 0 Å². The topological polar surface area (TPSA) is 41.8 Å². The van der Waals surface area contributed by atoms with E-state index in [4.69, 9.17) is 16.6 Å². The number of aryl methyl sites for hydroxylation is 1. The van der Waals surface area contributed by atoms with Crippen LogP contribution in [0.4, 0.5) is 0 Å². The Morgan fingerprint density at radius 1 is 1.67 bits per heavy atom. The molecule has 3 nitrogen and oxygen atoms in total. The fourth-order valence-electron chi connectivity index (χ4n) is 0.909. The number of aromatic amines is 1. The summed E-state index contributed by atoms with van der Waals surface area (Å²) in [7, 11) is 0. The van der Waals surface area contributed by atoms with Gasteiger partial charge in [0, 0.05) is 15.8 Å². The maximum Gasteiger partial charge on any atom is 0.284 e. The minimum atomic E-state index is 0.314. The number of H-pyrrole nitrogens is 1. The smallest absolute Gasteiger partial charge is 0.284 e. The van der Waals surface area contributed by atoms with E-state index in [1.807, 2.05) is 18.4 Å². The molecule has 0 aliphatic heterocycles. The average Bonchev–Trinajstić information content (AvgIpc) is 2.58. The Balaban J connectivity index is 2.50. The second-order valence-electron chi connectivity index (χ2n) is 2.36. The van der Waals surface area contributed by atoms with Gasteiger partial charge < -0.3 is 4.42 Å². The van der Waals surface area contributed by atoms with E-state index in [1.165, 1.54) is 4.88 Å². The molecule has 0 radical (unpaired) electrons. The second kappa shape index (κ2) is 2.84. The molecule has 0 spiro atoms. The van der Waals surface area contributed by atoms with Crippen LogP contribution in [-0.4, -0.2) is 10.2 Å². The molecule has 0 aliphatic rings. The largest absolute Gasteiger partial charge is 0.409 e. The Labute approximate surface area is 78.1 Å². The van der Waals surface area contributed by atoms with Crippen molar-refractivity contribution in [3.05, 3.63) is 21.2 Å². The molecule has 12 heavy (non-hydrogen) atoms. The van der Waals surface area contributed by atoms with Crippen molar-refractivity contribution in [3.8, 4) is 11.5 Å². The lowest BCUT2D eigenvalue weighted by molar-refractivity contribution is 0.552. The van der Waals surface area contributed by atoms with Crippen molar-refractivity contribution >= 4 is 23.6 Å². The van der Waals surface area contributed by atoms with Gasteiger partial charge >= 0.3 is 0 Å². The molecule has 0 atom stereocenters. The van der Waals surface area contributed by atoms with Crippen LogP contribution in [0.3, 0.4) is 0 Å². The summed E-state index contributed by atoms with van der Waals surface area (Å²) in [4.78, 5) is 1.54. The molecule has 2 aromatic heterocycles. The van der Waals surface area contributed by atoms with Crippen molar-refractivity contribution < 1.29 is 4.42 Å². The van der Waals surface area contributed by atoms with Crippen molar-refractivity contribution in [1.82, 2.24) is 10.2 Å². The standard InChI is InChI=1S/C7H6N2OS2/c1-4-2-5(3-12-4)6-8-9-7(11)10-6/h2-3H,1H3,(H,9,11). The van der Waals surface area contributed by atoms with E-state index >= 15 is 0 Å². The molecule has 2 rings (SSSR count). The maximum absolute atomic E-state index is 5.14. The van der Waals surface area contributed by atoms with Crippen LogP contribution < -0.4 is 0 Å². The van der Waals surface area contributed by atoms with Crippen molar-refractivity contribution in [2.45, 2.75) is 6.92 Å². The highest BCUT2D eigenvalue weighted by atomic mass is 32.1. The summed E-state index contributed by atoms with van der Waals surface area (Å²) in [6.45, 7) is 2.04. The highest BCUT2D eigenvalue weighted by Crippen LogP contribution is 2.22. The Kier molecular flexibility index (Phi) is 1.82. The number of aromatic nitrogens is 2. The first kappa shape index (κ1) is 7.70. The molecular weight excluding hydrogens is 192 g/mol. The number of hydrogen-bond donors (Lipinski definition) is 1. The van der Waals surface area contributed by atoms with E-state index in [1.54, 1.807) is 11.3 Å². The summed E-state index contributed by atoms with van der Waals surface area (Å²) < 4.78 is 5.14. The van der Waals surface area contributed by atoms with Gasteiger partial charge in [-0.2, -0.15) is 0 Å². The number of thiophene rings is 1. The van der Waals surface area contributed by atoms with Gasteiger partial charge in [-0.1, -0.05) is 0 Å². The van der Waals surface area contributed by atoms with Gasteiger partial charge in [-0.15, -0.1) is 16.4 Å². The summed E-state index contributed by atoms with van der Waals surface area (Å²) in [5, 5.41) is 8.48. The molecule has 0 bridgehead atoms. The predicted molar refractivity (Wildman–Crippen MR) is 49.7 cm³/mol. The number of nitrogens with one attached hydrogen (secondary N) is 1. The van der Waals surface area contributed by atoms with Gasteiger partial charge in [0.2, 0.25) is 5.89 Å². The zero-order chi connectivity index (χ0) is 8.55. The average molecular weight is 198 g/mol. The first-order valence-electron chi connectivity index (χ1n) is 3.37. The lowest BCUT2D eigenvalue weighted by atomic mass is 10.3. The molecule has 2 aromatic rings. The molecule has 0 saturated heterocycles. The summed E-state index contributed by atoms with van der Waals surface area (Å²) >= 11 is 6.42. The third-order valence-electron chi connectivity index (χ3n) is 1.42. The lowest BCUT2D eigenvalue weighted by Gasteiger charge is -1.82. The molecule has 2 heterocycles. The van der Waals surface area contributed by atoms with Crippen LogP contribution in [0.15, 0.2) is 15.9 Å². The van der Waals surface area contributed by atoms with Gasteiger partial charge in [-0.05, 0) is 25.2 Å². The van der Waals surface area contributed by atoms with Crippen LogP contribution in [-0.2, 0) is 0 Å². The second-order valence-corrected chi connectivity index (χ2v) is 3.85. The molecule has 0 aromatic carbocycles. The lowest BCUT2D eigenvalue weighted by Crippen LogP contribution is -1.71. The third-order valence-corrected chi connectivity index (χ3v) is 2.45. The van der Waals surface area contributed by atoms with E-state index in [0.29, 0.717) is 10.7 Å². The molecule has 0 fully saturated rings. The molecule has 0 saturated carbocycles. The van der Waals surface area contributed by atoms with Gasteiger partial charge in [-0.25, -0.2) is 5.10 Å². The Hall–Kier alpha value is -0.940. The minimum absolute atomic E-state index is 0.314. The minimum Gasteiger partial charge on any atom is -0.409 e. The quantitative estimate of drug-likeness (QED) is 0.716. The Bertz CT molecular complexity index is 440. The normalized spacial score (nSPS) is 10.4. The molecule has 0 amide bonds. The SMILES string of the molecule is Cc1cc(-c2n[nH]c(=S)o2)cs1. The Morgan fingerprint density at radius 3 is 3.00 bits per heavy atom. The molecule has 5 heteroatoms. The molecule has 1 N–H and O–H groups in total. The maximum atomic E-state index is 5.14. The number of rotatable bonds is 1. The summed E-state index contributed by atoms with van der Waals surface area (Å²) in [6, 6.07) is 2.01. The zero-order valence-corrected chi connectivity index (χ0v) is 7.96. The highest BCUT2D eigenvalue weighted by molar-refractivity contribution is 7.71. The first-order chi connectivity index (χ1) is 5.75. The van der Waals surface area contributed by atoms with Crippen LogP contribution in [0.25, 0.3) is 11.5 Å². The Morgan fingerprint density at radius 2 is 2.50 bits per heavy atom. The van der Waals surface area contributed by atoms with E-state index in [-0.39, 0.29) is 0 Å². The van der Waals surface area contributed by atoms with Crippen molar-refractivity contribution in [2.24, 2.45) is 0 Å². The highest BCUT2D eigenvalue weighted by Gasteiger charge is 2.04. The molecule has 0 unspecified atom stereocenters. The molecule has 62 valence electrons. The van der Waals surface area contributed by atoms with E-state index < -0.39 is 0 Å². The van der Waals surface area contributed by atoms with E-state index in [0.717, 1.165) is 5.56 Å². The van der Waals surface area contributed by atoms with Crippen LogP contribution in [0.5, 0.6) is 0 Å². The van der Waals surface area contributed by atoms with Gasteiger partial charge in [-0.3, -0.25) is 0 Å². The van der Waals surface area contributed by atoms with Crippen molar-refractivity contribution in [3.63, 3.8) is 0 Å². The molecule has 0 aliphatic carbocycles. The predicted octanol–water partition coefficient (Wildman–Crippen LogP) is 2.77. The van der Waals surface area contributed by atoms with Gasteiger partial charge in [0.25, 0.3) is 4.84 Å². The fraction of sp³-hybridized carbons (Fsp3) is 0.143. The summed E-state index contributed by atoms with van der Waals surface area (Å²) in [6.07, 6.45) is 0. The van der Waals surface area contributed by atoms with Crippen LogP contribution in [0.1, 0.15) is 4.88 Å². The number of nitrogens with zero attached hydrogens (tertiary/aromatic N) is 1. The summed E-state index contributed by atoms with van der Waals surface area (Å²) in [5.41, 5.74) is 0.977. The van der Waals surface area contributed by atoms with Crippen LogP contribution in [0, 0.1) is 11.8 Å². The number of hydrogen-bond acceptors (Lipinski definition) is 4.